The number of aryl methyl sites for hydroxylation is 1. The van der Waals surface area contributed by atoms with Crippen LogP contribution in [0.4, 0.5) is 5.69 Å². The molecule has 0 amide bonds. The second-order valence-electron chi connectivity index (χ2n) is 4.55. The van der Waals surface area contributed by atoms with Crippen molar-refractivity contribution in [2.24, 2.45) is 0 Å². The van der Waals surface area contributed by atoms with Gasteiger partial charge in [-0.3, -0.25) is 0 Å². The topological polar surface area (TPSA) is 54.7 Å². The third-order valence-electron chi connectivity index (χ3n) is 3.20. The van der Waals surface area contributed by atoms with Gasteiger partial charge in [-0.15, -0.1) is 0 Å². The average Bonchev–Trinajstić information content (AvgIpc) is 2.89. The van der Waals surface area contributed by atoms with Crippen LogP contribution >= 0.6 is 0 Å². The van der Waals surface area contributed by atoms with Crippen LogP contribution in [0.5, 0.6) is 0 Å². The smallest absolute Gasteiger partial charge is 0.140 e. The summed E-state index contributed by atoms with van der Waals surface area (Å²) in [6.07, 6.45) is 1.84. The van der Waals surface area contributed by atoms with Gasteiger partial charge < -0.3 is 10.7 Å². The molecule has 0 aliphatic heterocycles. The molecule has 19 heavy (non-hydrogen) atoms. The Labute approximate surface area is 112 Å². The van der Waals surface area contributed by atoms with Crippen LogP contribution in [-0.2, 0) is 0 Å². The lowest BCUT2D eigenvalue weighted by Gasteiger charge is -2.06. The molecule has 0 aliphatic carbocycles. The Bertz CT molecular complexity index is 679. The fraction of sp³-hybridized carbons (Fsp3) is 0.0625. The number of H-pyrrole nitrogens is 1. The standard InChI is InChI=1S/C16H15N3/c1-11-6-5-9-13(17)15(11)16-18-10-14(19-16)12-7-3-2-4-8-12/h2-10H,17H2,1H3,(H,18,19). The lowest BCUT2D eigenvalue weighted by molar-refractivity contribution is 1.29. The SMILES string of the molecule is Cc1cccc(N)c1-c1ncc(-c2ccccc2)[nH]1. The van der Waals surface area contributed by atoms with Crippen LogP contribution in [0.15, 0.2) is 54.7 Å². The molecule has 3 aromatic rings. The molecule has 0 saturated carbocycles. The van der Waals surface area contributed by atoms with E-state index in [2.05, 4.69) is 22.1 Å². The summed E-state index contributed by atoms with van der Waals surface area (Å²) in [5.74, 6) is 0.814. The molecule has 3 N–H and O–H groups in total. The molecule has 0 spiro atoms. The number of benzene rings is 2. The van der Waals surface area contributed by atoms with Crippen LogP contribution in [0, 0.1) is 6.92 Å². The van der Waals surface area contributed by atoms with Crippen molar-refractivity contribution in [1.82, 2.24) is 9.97 Å². The minimum Gasteiger partial charge on any atom is -0.398 e. The maximum Gasteiger partial charge on any atom is 0.140 e. The van der Waals surface area contributed by atoms with Crippen molar-refractivity contribution in [3.63, 3.8) is 0 Å². The van der Waals surface area contributed by atoms with E-state index in [9.17, 15) is 0 Å². The van der Waals surface area contributed by atoms with Gasteiger partial charge in [-0.05, 0) is 24.1 Å². The normalized spacial score (nSPS) is 10.6. The molecule has 0 aliphatic rings. The molecule has 0 unspecified atom stereocenters. The van der Waals surface area contributed by atoms with Crippen LogP contribution < -0.4 is 5.73 Å². The third-order valence-corrected chi connectivity index (χ3v) is 3.20. The fourth-order valence-corrected chi connectivity index (χ4v) is 2.23. The number of aromatic amines is 1. The number of aromatic nitrogens is 2. The molecule has 0 atom stereocenters. The Hall–Kier alpha value is -2.55. The molecule has 0 fully saturated rings. The van der Waals surface area contributed by atoms with Gasteiger partial charge in [0.15, 0.2) is 0 Å². The summed E-state index contributed by atoms with van der Waals surface area (Å²) in [5, 5.41) is 0. The molecule has 1 heterocycles. The Balaban J connectivity index is 2.07. The van der Waals surface area contributed by atoms with E-state index >= 15 is 0 Å². The molecule has 3 heteroatoms. The van der Waals surface area contributed by atoms with Crippen LogP contribution in [0.3, 0.4) is 0 Å². The number of imidazole rings is 1. The van der Waals surface area contributed by atoms with Crippen molar-refractivity contribution in [3.05, 3.63) is 60.3 Å². The van der Waals surface area contributed by atoms with Gasteiger partial charge in [0.1, 0.15) is 5.82 Å². The first kappa shape index (κ1) is 11.5. The van der Waals surface area contributed by atoms with Gasteiger partial charge in [-0.25, -0.2) is 4.98 Å². The van der Waals surface area contributed by atoms with E-state index in [4.69, 9.17) is 5.73 Å². The fourth-order valence-electron chi connectivity index (χ4n) is 2.23. The van der Waals surface area contributed by atoms with E-state index in [-0.39, 0.29) is 0 Å². The van der Waals surface area contributed by atoms with E-state index in [1.54, 1.807) is 0 Å². The highest BCUT2D eigenvalue weighted by Crippen LogP contribution is 2.28. The summed E-state index contributed by atoms with van der Waals surface area (Å²) >= 11 is 0. The summed E-state index contributed by atoms with van der Waals surface area (Å²) in [6, 6.07) is 16.0. The van der Waals surface area contributed by atoms with Gasteiger partial charge in [0, 0.05) is 11.3 Å². The highest BCUT2D eigenvalue weighted by atomic mass is 14.9. The van der Waals surface area contributed by atoms with Gasteiger partial charge in [-0.2, -0.15) is 0 Å². The lowest BCUT2D eigenvalue weighted by atomic mass is 10.1. The van der Waals surface area contributed by atoms with Crippen LogP contribution in [-0.4, -0.2) is 9.97 Å². The van der Waals surface area contributed by atoms with Gasteiger partial charge in [0.25, 0.3) is 0 Å². The average molecular weight is 249 g/mol. The number of nitrogen functional groups attached to an aromatic ring is 1. The second-order valence-corrected chi connectivity index (χ2v) is 4.55. The van der Waals surface area contributed by atoms with Gasteiger partial charge in [0.05, 0.1) is 11.9 Å². The summed E-state index contributed by atoms with van der Waals surface area (Å²) in [7, 11) is 0. The molecular formula is C16H15N3. The number of rotatable bonds is 2. The first-order valence-corrected chi connectivity index (χ1v) is 6.21. The summed E-state index contributed by atoms with van der Waals surface area (Å²) in [5.41, 5.74) is 11.0. The number of hydrogen-bond acceptors (Lipinski definition) is 2. The van der Waals surface area contributed by atoms with Crippen LogP contribution in [0.25, 0.3) is 22.6 Å². The van der Waals surface area contributed by atoms with Gasteiger partial charge >= 0.3 is 0 Å². The van der Waals surface area contributed by atoms with E-state index in [0.29, 0.717) is 0 Å². The Morgan fingerprint density at radius 3 is 2.53 bits per heavy atom. The van der Waals surface area contributed by atoms with Crippen molar-refractivity contribution in [2.45, 2.75) is 6.92 Å². The minimum absolute atomic E-state index is 0.744. The molecular weight excluding hydrogens is 234 g/mol. The van der Waals surface area contributed by atoms with Crippen molar-refractivity contribution in [2.75, 3.05) is 5.73 Å². The highest BCUT2D eigenvalue weighted by Gasteiger charge is 2.10. The zero-order valence-electron chi connectivity index (χ0n) is 10.7. The Kier molecular flexibility index (Phi) is 2.80. The van der Waals surface area contributed by atoms with Crippen LogP contribution in [0.1, 0.15) is 5.56 Å². The molecule has 94 valence electrons. The Morgan fingerprint density at radius 1 is 1.00 bits per heavy atom. The van der Waals surface area contributed by atoms with Crippen molar-refractivity contribution in [3.8, 4) is 22.6 Å². The van der Waals surface area contributed by atoms with E-state index in [0.717, 1.165) is 33.9 Å². The molecule has 3 nitrogen and oxygen atoms in total. The molecule has 0 saturated heterocycles. The number of anilines is 1. The minimum atomic E-state index is 0.744. The number of nitrogens with zero attached hydrogens (tertiary/aromatic N) is 1. The maximum absolute atomic E-state index is 6.04. The predicted octanol–water partition coefficient (Wildman–Crippen LogP) is 3.63. The van der Waals surface area contributed by atoms with Crippen molar-refractivity contribution < 1.29 is 0 Å². The first-order chi connectivity index (χ1) is 9.25. The number of hydrogen-bond donors (Lipinski definition) is 2. The largest absolute Gasteiger partial charge is 0.398 e. The quantitative estimate of drug-likeness (QED) is 0.681. The van der Waals surface area contributed by atoms with E-state index < -0.39 is 0 Å². The van der Waals surface area contributed by atoms with E-state index in [1.165, 1.54) is 0 Å². The second kappa shape index (κ2) is 4.61. The molecule has 2 aromatic carbocycles. The van der Waals surface area contributed by atoms with Gasteiger partial charge in [0.2, 0.25) is 0 Å². The zero-order valence-corrected chi connectivity index (χ0v) is 10.7. The summed E-state index contributed by atoms with van der Waals surface area (Å²) in [6.45, 7) is 2.04. The lowest BCUT2D eigenvalue weighted by Crippen LogP contribution is -1.94. The highest BCUT2D eigenvalue weighted by molar-refractivity contribution is 5.76. The Morgan fingerprint density at radius 2 is 1.79 bits per heavy atom. The van der Waals surface area contributed by atoms with Gasteiger partial charge in [-0.1, -0.05) is 42.5 Å². The summed E-state index contributed by atoms with van der Waals surface area (Å²) in [4.78, 5) is 7.79. The predicted molar refractivity (Wildman–Crippen MR) is 78.6 cm³/mol. The molecule has 0 bridgehead atoms. The number of nitrogens with two attached hydrogens (primary N) is 1. The van der Waals surface area contributed by atoms with Crippen LogP contribution in [0.2, 0.25) is 0 Å². The molecule has 0 radical (unpaired) electrons. The monoisotopic (exact) mass is 249 g/mol. The number of nitrogens with one attached hydrogen (secondary N) is 1. The maximum atomic E-state index is 6.04. The first-order valence-electron chi connectivity index (χ1n) is 6.21. The summed E-state index contributed by atoms with van der Waals surface area (Å²) < 4.78 is 0. The molecule has 1 aromatic heterocycles. The molecule has 3 rings (SSSR count). The van der Waals surface area contributed by atoms with E-state index in [1.807, 2.05) is 49.5 Å². The van der Waals surface area contributed by atoms with Crippen molar-refractivity contribution in [1.29, 1.82) is 0 Å². The van der Waals surface area contributed by atoms with Crippen molar-refractivity contribution >= 4 is 5.69 Å². The zero-order chi connectivity index (χ0) is 13.2. The third kappa shape index (κ3) is 2.10.